The molecule has 3 rings (SSSR count). The molecule has 21 heavy (non-hydrogen) atoms. The maximum Gasteiger partial charge on any atom is 0.176 e. The molecule has 2 aromatic heterocycles. The number of ether oxygens (including phenoxy) is 1. The Balaban J connectivity index is 1.50. The van der Waals surface area contributed by atoms with E-state index in [9.17, 15) is 0 Å². The van der Waals surface area contributed by atoms with Crippen molar-refractivity contribution in [2.45, 2.75) is 26.7 Å². The van der Waals surface area contributed by atoms with Gasteiger partial charge in [-0.15, -0.1) is 10.2 Å². The van der Waals surface area contributed by atoms with Crippen LogP contribution in [0.25, 0.3) is 5.82 Å². The third kappa shape index (κ3) is 3.78. The van der Waals surface area contributed by atoms with E-state index in [1.165, 1.54) is 12.8 Å². The monoisotopic (exact) mass is 287 g/mol. The van der Waals surface area contributed by atoms with Crippen molar-refractivity contribution in [2.24, 2.45) is 5.92 Å². The number of anilines is 1. The molecule has 1 aliphatic carbocycles. The molecule has 6 nitrogen and oxygen atoms in total. The predicted octanol–water partition coefficient (Wildman–Crippen LogP) is 2.12. The van der Waals surface area contributed by atoms with Crippen LogP contribution in [-0.4, -0.2) is 39.7 Å². The second-order valence-electron chi connectivity index (χ2n) is 5.56. The van der Waals surface area contributed by atoms with Crippen LogP contribution in [0.3, 0.4) is 0 Å². The van der Waals surface area contributed by atoms with Gasteiger partial charge in [-0.1, -0.05) is 0 Å². The van der Waals surface area contributed by atoms with Gasteiger partial charge in [0, 0.05) is 18.8 Å². The highest BCUT2D eigenvalue weighted by molar-refractivity contribution is 5.36. The van der Waals surface area contributed by atoms with Gasteiger partial charge in [-0.25, -0.2) is 4.68 Å². The van der Waals surface area contributed by atoms with E-state index in [0.717, 1.165) is 42.1 Å². The van der Waals surface area contributed by atoms with Crippen LogP contribution in [0.4, 0.5) is 5.82 Å². The maximum absolute atomic E-state index is 5.57. The summed E-state index contributed by atoms with van der Waals surface area (Å²) in [4.78, 5) is 0. The van der Waals surface area contributed by atoms with Gasteiger partial charge in [0.15, 0.2) is 5.82 Å². The van der Waals surface area contributed by atoms with Gasteiger partial charge in [-0.05, 0) is 50.8 Å². The smallest absolute Gasteiger partial charge is 0.176 e. The Labute approximate surface area is 124 Å². The molecule has 0 saturated heterocycles. The van der Waals surface area contributed by atoms with Gasteiger partial charge in [-0.2, -0.15) is 5.10 Å². The molecule has 0 radical (unpaired) electrons. The van der Waals surface area contributed by atoms with Crippen LogP contribution >= 0.6 is 0 Å². The van der Waals surface area contributed by atoms with Crippen molar-refractivity contribution < 1.29 is 4.74 Å². The summed E-state index contributed by atoms with van der Waals surface area (Å²) in [7, 11) is 0. The Kier molecular flexibility index (Phi) is 4.15. The Hall–Kier alpha value is -1.95. The summed E-state index contributed by atoms with van der Waals surface area (Å²) in [6.07, 6.45) is 2.65. The number of hydrogen-bond acceptors (Lipinski definition) is 5. The van der Waals surface area contributed by atoms with Crippen molar-refractivity contribution in [2.75, 3.05) is 25.1 Å². The molecule has 2 aromatic rings. The first-order chi connectivity index (χ1) is 10.2. The van der Waals surface area contributed by atoms with E-state index in [2.05, 4.69) is 20.6 Å². The molecular weight excluding hydrogens is 266 g/mol. The quantitative estimate of drug-likeness (QED) is 0.790. The minimum atomic E-state index is 0.706. The maximum atomic E-state index is 5.57. The Morgan fingerprint density at radius 1 is 1.29 bits per heavy atom. The highest BCUT2D eigenvalue weighted by Gasteiger charge is 2.20. The number of aryl methyl sites for hydroxylation is 2. The van der Waals surface area contributed by atoms with Crippen molar-refractivity contribution in [1.82, 2.24) is 20.0 Å². The molecule has 1 fully saturated rings. The van der Waals surface area contributed by atoms with Gasteiger partial charge < -0.3 is 10.1 Å². The molecule has 1 N–H and O–H groups in total. The highest BCUT2D eigenvalue weighted by Crippen LogP contribution is 2.28. The van der Waals surface area contributed by atoms with Crippen LogP contribution < -0.4 is 5.32 Å². The van der Waals surface area contributed by atoms with Gasteiger partial charge >= 0.3 is 0 Å². The predicted molar refractivity (Wildman–Crippen MR) is 80.7 cm³/mol. The van der Waals surface area contributed by atoms with Gasteiger partial charge in [-0.3, -0.25) is 0 Å². The highest BCUT2D eigenvalue weighted by atomic mass is 16.5. The molecular formula is C15H21N5O. The third-order valence-electron chi connectivity index (χ3n) is 3.48. The molecule has 1 aliphatic rings. The first-order valence-electron chi connectivity index (χ1n) is 7.41. The second kappa shape index (κ2) is 6.22. The fourth-order valence-corrected chi connectivity index (χ4v) is 2.18. The average molecular weight is 287 g/mol. The fourth-order valence-electron chi connectivity index (χ4n) is 2.18. The zero-order valence-corrected chi connectivity index (χ0v) is 12.5. The number of hydrogen-bond donors (Lipinski definition) is 1. The van der Waals surface area contributed by atoms with E-state index in [4.69, 9.17) is 4.74 Å². The van der Waals surface area contributed by atoms with E-state index in [1.807, 2.05) is 32.0 Å². The largest absolute Gasteiger partial charge is 0.379 e. The van der Waals surface area contributed by atoms with Crippen molar-refractivity contribution in [3.8, 4) is 5.82 Å². The van der Waals surface area contributed by atoms with Gasteiger partial charge in [0.05, 0.1) is 12.3 Å². The molecule has 112 valence electrons. The molecule has 0 amide bonds. The summed E-state index contributed by atoms with van der Waals surface area (Å²) in [5.74, 6) is 2.30. The number of nitrogens with zero attached hydrogens (tertiary/aromatic N) is 4. The molecule has 2 heterocycles. The van der Waals surface area contributed by atoms with Crippen molar-refractivity contribution in [3.63, 3.8) is 0 Å². The molecule has 0 aromatic carbocycles. The summed E-state index contributed by atoms with van der Waals surface area (Å²) in [6.45, 7) is 6.32. The molecule has 0 aliphatic heterocycles. The molecule has 0 spiro atoms. The summed E-state index contributed by atoms with van der Waals surface area (Å²) in [5, 5.41) is 16.0. The SMILES string of the molecule is Cc1cc(C)n(-c2ccc(NCCOCC3CC3)nn2)n1. The molecule has 6 heteroatoms. The number of rotatable bonds is 7. The molecule has 0 atom stereocenters. The van der Waals surface area contributed by atoms with Crippen LogP contribution in [0, 0.1) is 19.8 Å². The standard InChI is InChI=1S/C15H21N5O/c1-11-9-12(2)20(19-11)15-6-5-14(17-18-15)16-7-8-21-10-13-3-4-13/h5-6,9,13H,3-4,7-8,10H2,1-2H3,(H,16,17). The Bertz CT molecular complexity index is 589. The lowest BCUT2D eigenvalue weighted by molar-refractivity contribution is 0.134. The fraction of sp³-hybridized carbons (Fsp3) is 0.533. The molecule has 1 saturated carbocycles. The van der Waals surface area contributed by atoms with Crippen LogP contribution in [-0.2, 0) is 4.74 Å². The lowest BCUT2D eigenvalue weighted by atomic mass is 10.4. The molecule has 0 bridgehead atoms. The van der Waals surface area contributed by atoms with E-state index in [-0.39, 0.29) is 0 Å². The minimum absolute atomic E-state index is 0.706. The number of nitrogens with one attached hydrogen (secondary N) is 1. The van der Waals surface area contributed by atoms with Crippen molar-refractivity contribution in [1.29, 1.82) is 0 Å². The Morgan fingerprint density at radius 2 is 2.14 bits per heavy atom. The van der Waals surface area contributed by atoms with Crippen LogP contribution in [0.1, 0.15) is 24.2 Å². The lowest BCUT2D eigenvalue weighted by Gasteiger charge is -2.07. The average Bonchev–Trinajstić information content (AvgIpc) is 3.23. The van der Waals surface area contributed by atoms with Crippen LogP contribution in [0.15, 0.2) is 18.2 Å². The normalized spacial score (nSPS) is 14.4. The third-order valence-corrected chi connectivity index (χ3v) is 3.48. The van der Waals surface area contributed by atoms with E-state index in [1.54, 1.807) is 4.68 Å². The lowest BCUT2D eigenvalue weighted by Crippen LogP contribution is -2.12. The van der Waals surface area contributed by atoms with Crippen molar-refractivity contribution in [3.05, 3.63) is 29.6 Å². The number of aromatic nitrogens is 4. The van der Waals surface area contributed by atoms with Crippen molar-refractivity contribution >= 4 is 5.82 Å². The summed E-state index contributed by atoms with van der Waals surface area (Å²) < 4.78 is 7.36. The first kappa shape index (κ1) is 14.0. The summed E-state index contributed by atoms with van der Waals surface area (Å²) in [5.41, 5.74) is 2.03. The first-order valence-corrected chi connectivity index (χ1v) is 7.41. The van der Waals surface area contributed by atoms with E-state index in [0.29, 0.717) is 6.61 Å². The second-order valence-corrected chi connectivity index (χ2v) is 5.56. The van der Waals surface area contributed by atoms with Gasteiger partial charge in [0.2, 0.25) is 0 Å². The topological polar surface area (TPSA) is 64.9 Å². The van der Waals surface area contributed by atoms with E-state index >= 15 is 0 Å². The molecule has 0 unspecified atom stereocenters. The zero-order chi connectivity index (χ0) is 14.7. The van der Waals surface area contributed by atoms with Crippen LogP contribution in [0.5, 0.6) is 0 Å². The minimum Gasteiger partial charge on any atom is -0.379 e. The van der Waals surface area contributed by atoms with E-state index < -0.39 is 0 Å². The van der Waals surface area contributed by atoms with Crippen LogP contribution in [0.2, 0.25) is 0 Å². The van der Waals surface area contributed by atoms with Gasteiger partial charge in [0.1, 0.15) is 5.82 Å². The van der Waals surface area contributed by atoms with Gasteiger partial charge in [0.25, 0.3) is 0 Å². The zero-order valence-electron chi connectivity index (χ0n) is 12.5. The summed E-state index contributed by atoms with van der Waals surface area (Å²) in [6, 6.07) is 5.85. The Morgan fingerprint density at radius 3 is 2.76 bits per heavy atom. The summed E-state index contributed by atoms with van der Waals surface area (Å²) >= 11 is 0.